The van der Waals surface area contributed by atoms with Crippen molar-refractivity contribution < 1.29 is 13.9 Å². The van der Waals surface area contributed by atoms with Crippen LogP contribution in [0.3, 0.4) is 0 Å². The summed E-state index contributed by atoms with van der Waals surface area (Å²) >= 11 is 1.32. The number of amides is 1. The van der Waals surface area contributed by atoms with Gasteiger partial charge >= 0.3 is 0 Å². The molecule has 4 rings (SSSR count). The summed E-state index contributed by atoms with van der Waals surface area (Å²) in [4.78, 5) is 24.2. The number of pyridine rings is 1. The number of hydrogen-bond donors (Lipinski definition) is 0. The third-order valence-electron chi connectivity index (χ3n) is 4.01. The summed E-state index contributed by atoms with van der Waals surface area (Å²) in [6.07, 6.45) is 5.42. The van der Waals surface area contributed by atoms with E-state index in [0.717, 1.165) is 35.6 Å². The maximum absolute atomic E-state index is 13.0. The first kappa shape index (κ1) is 15.3. The van der Waals surface area contributed by atoms with Crippen LogP contribution in [-0.2, 0) is 11.3 Å². The monoisotopic (exact) mass is 343 g/mol. The fourth-order valence-electron chi connectivity index (χ4n) is 2.84. The fourth-order valence-corrected chi connectivity index (χ4v) is 3.72. The minimum Gasteiger partial charge on any atom is -0.467 e. The van der Waals surface area contributed by atoms with E-state index in [4.69, 9.17) is 9.15 Å². The number of hydrogen-bond acceptors (Lipinski definition) is 6. The van der Waals surface area contributed by atoms with Gasteiger partial charge in [-0.15, -0.1) is 0 Å². The van der Waals surface area contributed by atoms with E-state index in [1.165, 1.54) is 11.3 Å². The standard InChI is InChI=1S/C17H17N3O3S/c21-17(16-19-14-6-1-7-18-15(14)24-16)20(10-12-4-2-8-22-12)11-13-5-3-9-23-13/h1-2,4,6-8,13H,3,5,9-11H2/t13-/m0/s1. The highest BCUT2D eigenvalue weighted by molar-refractivity contribution is 7.19. The average Bonchev–Trinajstić information content (AvgIpc) is 3.34. The molecule has 0 bridgehead atoms. The Morgan fingerprint density at radius 3 is 3.08 bits per heavy atom. The molecular weight excluding hydrogens is 326 g/mol. The lowest BCUT2D eigenvalue weighted by Gasteiger charge is -2.23. The van der Waals surface area contributed by atoms with E-state index >= 15 is 0 Å². The van der Waals surface area contributed by atoms with Crippen molar-refractivity contribution in [3.05, 3.63) is 47.5 Å². The predicted octanol–water partition coefficient (Wildman–Crippen LogP) is 3.11. The van der Waals surface area contributed by atoms with Crippen LogP contribution in [0.4, 0.5) is 0 Å². The zero-order valence-electron chi connectivity index (χ0n) is 13.1. The number of carbonyl (C=O) groups excluding carboxylic acids is 1. The SMILES string of the molecule is O=C(c1nc2cccnc2s1)N(Cc1ccco1)C[C@@H]1CCCO1. The Hall–Kier alpha value is -2.25. The van der Waals surface area contributed by atoms with E-state index in [1.807, 2.05) is 24.3 Å². The highest BCUT2D eigenvalue weighted by Crippen LogP contribution is 2.23. The number of nitrogens with zero attached hydrogens (tertiary/aromatic N) is 3. The van der Waals surface area contributed by atoms with E-state index in [2.05, 4.69) is 9.97 Å². The van der Waals surface area contributed by atoms with E-state index in [0.29, 0.717) is 18.1 Å². The lowest BCUT2D eigenvalue weighted by molar-refractivity contribution is 0.0491. The van der Waals surface area contributed by atoms with Crippen LogP contribution in [0.5, 0.6) is 0 Å². The molecule has 0 unspecified atom stereocenters. The van der Waals surface area contributed by atoms with Crippen LogP contribution < -0.4 is 0 Å². The van der Waals surface area contributed by atoms with Crippen LogP contribution >= 0.6 is 11.3 Å². The van der Waals surface area contributed by atoms with Crippen molar-refractivity contribution in [2.24, 2.45) is 0 Å². The highest BCUT2D eigenvalue weighted by atomic mass is 32.1. The first-order chi connectivity index (χ1) is 11.8. The maximum atomic E-state index is 13.0. The topological polar surface area (TPSA) is 68.5 Å². The second kappa shape index (κ2) is 6.70. The van der Waals surface area contributed by atoms with E-state index in [-0.39, 0.29) is 12.0 Å². The predicted molar refractivity (Wildman–Crippen MR) is 89.8 cm³/mol. The number of rotatable bonds is 5. The quantitative estimate of drug-likeness (QED) is 0.712. The Morgan fingerprint density at radius 1 is 1.38 bits per heavy atom. The average molecular weight is 343 g/mol. The van der Waals surface area contributed by atoms with E-state index in [9.17, 15) is 4.79 Å². The smallest absolute Gasteiger partial charge is 0.283 e. The van der Waals surface area contributed by atoms with Gasteiger partial charge < -0.3 is 14.1 Å². The van der Waals surface area contributed by atoms with Gasteiger partial charge in [0, 0.05) is 19.3 Å². The van der Waals surface area contributed by atoms with Crippen molar-refractivity contribution in [2.75, 3.05) is 13.2 Å². The molecule has 0 N–H and O–H groups in total. The minimum absolute atomic E-state index is 0.0800. The zero-order valence-corrected chi connectivity index (χ0v) is 13.9. The molecule has 124 valence electrons. The Bertz CT molecular complexity index is 792. The molecule has 6 nitrogen and oxygen atoms in total. The van der Waals surface area contributed by atoms with Crippen LogP contribution in [0, 0.1) is 0 Å². The summed E-state index contributed by atoms with van der Waals surface area (Å²) in [5.74, 6) is 0.644. The molecule has 0 aromatic carbocycles. The third-order valence-corrected chi connectivity index (χ3v) is 4.98. The number of ether oxygens (including phenoxy) is 1. The number of furan rings is 1. The van der Waals surface area contributed by atoms with Gasteiger partial charge in [0.1, 0.15) is 16.1 Å². The minimum atomic E-state index is -0.107. The van der Waals surface area contributed by atoms with Crippen LogP contribution in [0.2, 0.25) is 0 Å². The van der Waals surface area contributed by atoms with Crippen LogP contribution in [0.1, 0.15) is 28.4 Å². The Morgan fingerprint density at radius 2 is 2.33 bits per heavy atom. The number of fused-ring (bicyclic) bond motifs is 1. The summed E-state index contributed by atoms with van der Waals surface area (Å²) in [5, 5.41) is 0.452. The molecule has 4 heterocycles. The third kappa shape index (κ3) is 3.18. The normalized spacial score (nSPS) is 17.4. The summed E-state index contributed by atoms with van der Waals surface area (Å²) in [6.45, 7) is 1.72. The van der Waals surface area contributed by atoms with Gasteiger partial charge in [-0.3, -0.25) is 4.79 Å². The molecule has 1 aliphatic rings. The van der Waals surface area contributed by atoms with Crippen LogP contribution in [0.25, 0.3) is 10.3 Å². The first-order valence-electron chi connectivity index (χ1n) is 7.94. The number of aromatic nitrogens is 2. The summed E-state index contributed by atoms with van der Waals surface area (Å²) in [7, 11) is 0. The lowest BCUT2D eigenvalue weighted by atomic mass is 10.2. The molecule has 1 fully saturated rings. The molecule has 1 atom stereocenters. The lowest BCUT2D eigenvalue weighted by Crippen LogP contribution is -2.36. The van der Waals surface area contributed by atoms with Gasteiger partial charge in [0.05, 0.1) is 18.9 Å². The fraction of sp³-hybridized carbons (Fsp3) is 0.353. The van der Waals surface area contributed by atoms with Gasteiger partial charge in [-0.05, 0) is 37.1 Å². The second-order valence-corrected chi connectivity index (χ2v) is 6.72. The molecule has 1 saturated heterocycles. The summed E-state index contributed by atoms with van der Waals surface area (Å²) in [6, 6.07) is 7.39. The maximum Gasteiger partial charge on any atom is 0.283 e. The number of thiazole rings is 1. The van der Waals surface area contributed by atoms with Gasteiger partial charge in [0.2, 0.25) is 0 Å². The molecule has 24 heavy (non-hydrogen) atoms. The van der Waals surface area contributed by atoms with E-state index < -0.39 is 0 Å². The molecule has 0 spiro atoms. The first-order valence-corrected chi connectivity index (χ1v) is 8.76. The van der Waals surface area contributed by atoms with Crippen molar-refractivity contribution >= 4 is 27.6 Å². The Balaban J connectivity index is 1.59. The molecule has 3 aromatic heterocycles. The van der Waals surface area contributed by atoms with Crippen molar-refractivity contribution in [3.63, 3.8) is 0 Å². The summed E-state index contributed by atoms with van der Waals surface area (Å²) < 4.78 is 11.1. The van der Waals surface area contributed by atoms with Gasteiger partial charge in [-0.25, -0.2) is 9.97 Å². The Kier molecular flexibility index (Phi) is 4.27. The van der Waals surface area contributed by atoms with Gasteiger partial charge in [0.25, 0.3) is 5.91 Å². The van der Waals surface area contributed by atoms with Crippen LogP contribution in [0.15, 0.2) is 41.1 Å². The zero-order chi connectivity index (χ0) is 16.4. The number of carbonyl (C=O) groups is 1. The highest BCUT2D eigenvalue weighted by Gasteiger charge is 2.26. The summed E-state index contributed by atoms with van der Waals surface area (Å²) in [5.41, 5.74) is 0.751. The van der Waals surface area contributed by atoms with Crippen molar-refractivity contribution in [1.82, 2.24) is 14.9 Å². The van der Waals surface area contributed by atoms with Crippen LogP contribution in [-0.4, -0.2) is 40.0 Å². The second-order valence-electron chi connectivity index (χ2n) is 5.75. The van der Waals surface area contributed by atoms with Crippen molar-refractivity contribution in [1.29, 1.82) is 0 Å². The van der Waals surface area contributed by atoms with Gasteiger partial charge in [-0.2, -0.15) is 0 Å². The molecule has 7 heteroatoms. The van der Waals surface area contributed by atoms with Crippen molar-refractivity contribution in [2.45, 2.75) is 25.5 Å². The van der Waals surface area contributed by atoms with Crippen molar-refractivity contribution in [3.8, 4) is 0 Å². The molecule has 0 radical (unpaired) electrons. The molecule has 1 aliphatic heterocycles. The molecule has 0 aliphatic carbocycles. The van der Waals surface area contributed by atoms with Gasteiger partial charge in [0.15, 0.2) is 5.01 Å². The van der Waals surface area contributed by atoms with E-state index in [1.54, 1.807) is 17.4 Å². The largest absolute Gasteiger partial charge is 0.467 e. The molecular formula is C17H17N3O3S. The van der Waals surface area contributed by atoms with Gasteiger partial charge in [-0.1, -0.05) is 11.3 Å². The molecule has 0 saturated carbocycles. The molecule has 3 aromatic rings. The molecule has 1 amide bonds. The Labute approximate surface area is 143 Å².